The molecule has 206 valence electrons. The lowest BCUT2D eigenvalue weighted by Gasteiger charge is -2.38. The maximum absolute atomic E-state index is 6.64. The molecule has 7 nitrogen and oxygen atoms in total. The molecule has 2 atom stereocenters. The van der Waals surface area contributed by atoms with E-state index in [0.717, 1.165) is 41.7 Å². The van der Waals surface area contributed by atoms with E-state index in [0.29, 0.717) is 51.8 Å². The lowest BCUT2D eigenvalue weighted by atomic mass is 9.95. The monoisotopic (exact) mass is 570 g/mol. The first-order chi connectivity index (χ1) is 19.0. The number of unbranched alkanes of at least 4 members (excludes halogenated alkanes) is 2. The number of hydrazone groups is 1. The van der Waals surface area contributed by atoms with Crippen molar-refractivity contribution >= 4 is 28.9 Å². The summed E-state index contributed by atoms with van der Waals surface area (Å²) in [6, 6.07) is 15.1. The number of halogens is 2. The summed E-state index contributed by atoms with van der Waals surface area (Å²) >= 11 is 13.1. The highest BCUT2D eigenvalue weighted by Crippen LogP contribution is 2.51. The van der Waals surface area contributed by atoms with Crippen molar-refractivity contribution in [3.05, 3.63) is 75.3 Å². The van der Waals surface area contributed by atoms with Gasteiger partial charge in [-0.3, -0.25) is 0 Å². The van der Waals surface area contributed by atoms with E-state index in [1.807, 2.05) is 47.5 Å². The van der Waals surface area contributed by atoms with Gasteiger partial charge in [0.05, 0.1) is 44.7 Å². The van der Waals surface area contributed by atoms with Crippen LogP contribution in [0.2, 0.25) is 10.0 Å². The molecule has 5 rings (SSSR count). The van der Waals surface area contributed by atoms with E-state index in [9.17, 15) is 0 Å². The van der Waals surface area contributed by atoms with Gasteiger partial charge in [0.2, 0.25) is 6.23 Å². The SMILES string of the molecule is CCCCCOc1ccc([C@@H]2Oc3c(Cl)cc(Cl)cc3[C@H]3CC(c4ccc(OC)c(OC)c4)=NN32)cc1OC. The van der Waals surface area contributed by atoms with Crippen molar-refractivity contribution in [3.63, 3.8) is 0 Å². The first kappa shape index (κ1) is 27.3. The predicted molar refractivity (Wildman–Crippen MR) is 153 cm³/mol. The molecule has 2 heterocycles. The highest BCUT2D eigenvalue weighted by Gasteiger charge is 2.42. The molecule has 3 aromatic rings. The molecule has 0 aromatic heterocycles. The molecular weight excluding hydrogens is 539 g/mol. The molecule has 2 aliphatic heterocycles. The molecule has 9 heteroatoms. The van der Waals surface area contributed by atoms with E-state index in [-0.39, 0.29) is 6.04 Å². The Balaban J connectivity index is 1.53. The third-order valence-electron chi connectivity index (χ3n) is 7.00. The van der Waals surface area contributed by atoms with Crippen LogP contribution in [0, 0.1) is 0 Å². The van der Waals surface area contributed by atoms with Crippen LogP contribution in [-0.4, -0.2) is 38.7 Å². The molecule has 0 unspecified atom stereocenters. The third-order valence-corrected chi connectivity index (χ3v) is 7.50. The maximum Gasteiger partial charge on any atom is 0.214 e. The molecular formula is C30H32Cl2N2O5. The van der Waals surface area contributed by atoms with Crippen LogP contribution >= 0.6 is 23.2 Å². The number of nitrogens with zero attached hydrogens (tertiary/aromatic N) is 2. The van der Waals surface area contributed by atoms with Gasteiger partial charge in [0, 0.05) is 28.1 Å². The summed E-state index contributed by atoms with van der Waals surface area (Å²) in [7, 11) is 4.88. The van der Waals surface area contributed by atoms with Crippen molar-refractivity contribution in [2.75, 3.05) is 27.9 Å². The second-order valence-electron chi connectivity index (χ2n) is 9.46. The van der Waals surface area contributed by atoms with Gasteiger partial charge in [0.25, 0.3) is 0 Å². The quantitative estimate of drug-likeness (QED) is 0.231. The van der Waals surface area contributed by atoms with E-state index in [2.05, 4.69) is 6.92 Å². The number of fused-ring (bicyclic) bond motifs is 3. The van der Waals surface area contributed by atoms with Crippen LogP contribution in [0.1, 0.15) is 61.6 Å². The lowest BCUT2D eigenvalue weighted by molar-refractivity contribution is -0.0190. The number of methoxy groups -OCH3 is 3. The largest absolute Gasteiger partial charge is 0.493 e. The minimum atomic E-state index is -0.540. The van der Waals surface area contributed by atoms with Crippen molar-refractivity contribution in [1.82, 2.24) is 5.01 Å². The van der Waals surface area contributed by atoms with E-state index in [1.165, 1.54) is 0 Å². The Labute approximate surface area is 239 Å². The third kappa shape index (κ3) is 5.43. The van der Waals surface area contributed by atoms with Crippen LogP contribution < -0.4 is 23.7 Å². The molecule has 0 N–H and O–H groups in total. The van der Waals surface area contributed by atoms with E-state index in [1.54, 1.807) is 27.4 Å². The van der Waals surface area contributed by atoms with Crippen LogP contribution in [-0.2, 0) is 0 Å². The van der Waals surface area contributed by atoms with Gasteiger partial charge < -0.3 is 23.7 Å². The lowest BCUT2D eigenvalue weighted by Crippen LogP contribution is -2.33. The predicted octanol–water partition coefficient (Wildman–Crippen LogP) is 7.83. The van der Waals surface area contributed by atoms with Gasteiger partial charge >= 0.3 is 0 Å². The smallest absolute Gasteiger partial charge is 0.214 e. The summed E-state index contributed by atoms with van der Waals surface area (Å²) in [6.07, 6.45) is 3.35. The Bertz CT molecular complexity index is 1380. The molecule has 3 aromatic carbocycles. The average Bonchev–Trinajstić information content (AvgIpc) is 3.40. The zero-order valence-electron chi connectivity index (χ0n) is 22.5. The molecule has 2 aliphatic rings. The summed E-state index contributed by atoms with van der Waals surface area (Å²) in [5, 5.41) is 8.03. The van der Waals surface area contributed by atoms with Crippen LogP contribution in [0.5, 0.6) is 28.7 Å². The van der Waals surface area contributed by atoms with Gasteiger partial charge in [-0.1, -0.05) is 43.0 Å². The fourth-order valence-electron chi connectivity index (χ4n) is 5.02. The van der Waals surface area contributed by atoms with Gasteiger partial charge in [-0.25, -0.2) is 5.01 Å². The van der Waals surface area contributed by atoms with Crippen molar-refractivity contribution in [2.24, 2.45) is 5.10 Å². The number of hydrogen-bond acceptors (Lipinski definition) is 7. The zero-order valence-corrected chi connectivity index (χ0v) is 24.0. The van der Waals surface area contributed by atoms with Crippen LogP contribution in [0.4, 0.5) is 0 Å². The molecule has 0 radical (unpaired) electrons. The summed E-state index contributed by atoms with van der Waals surface area (Å²) in [6.45, 7) is 2.81. The first-order valence-corrected chi connectivity index (χ1v) is 13.8. The average molecular weight is 572 g/mol. The molecule has 0 aliphatic carbocycles. The summed E-state index contributed by atoms with van der Waals surface area (Å²) in [4.78, 5) is 0. The van der Waals surface area contributed by atoms with Crippen LogP contribution in [0.25, 0.3) is 0 Å². The first-order valence-electron chi connectivity index (χ1n) is 13.0. The van der Waals surface area contributed by atoms with Crippen LogP contribution in [0.3, 0.4) is 0 Å². The highest BCUT2D eigenvalue weighted by atomic mass is 35.5. The fraction of sp³-hybridized carbons (Fsp3) is 0.367. The second kappa shape index (κ2) is 11.8. The summed E-state index contributed by atoms with van der Waals surface area (Å²) < 4.78 is 29.2. The zero-order chi connectivity index (χ0) is 27.5. The minimum Gasteiger partial charge on any atom is -0.493 e. The Kier molecular flexibility index (Phi) is 8.29. The Hall–Kier alpha value is -3.29. The Morgan fingerprint density at radius 1 is 0.897 bits per heavy atom. The highest BCUT2D eigenvalue weighted by molar-refractivity contribution is 6.35. The van der Waals surface area contributed by atoms with Gasteiger partial charge in [0.1, 0.15) is 5.75 Å². The van der Waals surface area contributed by atoms with Gasteiger partial charge in [-0.15, -0.1) is 0 Å². The molecule has 0 amide bonds. The number of ether oxygens (including phenoxy) is 5. The van der Waals surface area contributed by atoms with Gasteiger partial charge in [-0.2, -0.15) is 5.10 Å². The Morgan fingerprint density at radius 2 is 1.64 bits per heavy atom. The summed E-state index contributed by atoms with van der Waals surface area (Å²) in [5.74, 6) is 3.24. The summed E-state index contributed by atoms with van der Waals surface area (Å²) in [5.41, 5.74) is 3.59. The van der Waals surface area contributed by atoms with Gasteiger partial charge in [-0.05, 0) is 55.0 Å². The number of hydrogen-bond donors (Lipinski definition) is 0. The van der Waals surface area contributed by atoms with Gasteiger partial charge in [0.15, 0.2) is 23.0 Å². The number of rotatable bonds is 10. The van der Waals surface area contributed by atoms with Crippen molar-refractivity contribution in [3.8, 4) is 28.7 Å². The van der Waals surface area contributed by atoms with Crippen molar-refractivity contribution in [1.29, 1.82) is 0 Å². The van der Waals surface area contributed by atoms with Crippen LogP contribution in [0.15, 0.2) is 53.6 Å². The molecule has 0 fully saturated rings. The standard InChI is InChI=1S/C30H32Cl2N2O5/c1-5-6-7-12-38-26-11-9-19(14-28(26)37-4)30-34-24(21-15-20(31)16-22(32)29(21)39-30)17-23(33-34)18-8-10-25(35-2)27(13-18)36-3/h8-11,13-16,24,30H,5-7,12,17H2,1-4H3/t24-,30+/m1/s1. The number of benzene rings is 3. The molecule has 0 bridgehead atoms. The normalized spacial score (nSPS) is 17.6. The Morgan fingerprint density at radius 3 is 2.38 bits per heavy atom. The topological polar surface area (TPSA) is 61.8 Å². The molecule has 0 saturated carbocycles. The van der Waals surface area contributed by atoms with E-state index >= 15 is 0 Å². The van der Waals surface area contributed by atoms with E-state index in [4.69, 9.17) is 52.0 Å². The maximum atomic E-state index is 6.64. The fourth-order valence-corrected chi connectivity index (χ4v) is 5.57. The molecule has 39 heavy (non-hydrogen) atoms. The molecule has 0 spiro atoms. The van der Waals surface area contributed by atoms with Crippen molar-refractivity contribution < 1.29 is 23.7 Å². The molecule has 0 saturated heterocycles. The van der Waals surface area contributed by atoms with Crippen molar-refractivity contribution in [2.45, 2.75) is 44.9 Å². The van der Waals surface area contributed by atoms with E-state index < -0.39 is 6.23 Å². The second-order valence-corrected chi connectivity index (χ2v) is 10.3. The minimum absolute atomic E-state index is 0.131.